The third-order valence-corrected chi connectivity index (χ3v) is 5.72. The van der Waals surface area contributed by atoms with E-state index in [4.69, 9.17) is 11.6 Å². The van der Waals surface area contributed by atoms with Crippen molar-refractivity contribution in [2.24, 2.45) is 17.8 Å². The molecule has 1 N–H and O–H groups in total. The van der Waals surface area contributed by atoms with Crippen molar-refractivity contribution in [1.82, 2.24) is 5.32 Å². The number of rotatable bonds is 6. The van der Waals surface area contributed by atoms with Gasteiger partial charge in [-0.3, -0.25) is 0 Å². The fourth-order valence-electron chi connectivity index (χ4n) is 4.43. The van der Waals surface area contributed by atoms with Gasteiger partial charge in [0.15, 0.2) is 0 Å². The van der Waals surface area contributed by atoms with Gasteiger partial charge in [-0.1, -0.05) is 37.1 Å². The highest BCUT2D eigenvalue weighted by Gasteiger charge is 2.39. The molecule has 0 heterocycles. The van der Waals surface area contributed by atoms with Crippen LogP contribution in [0.1, 0.15) is 38.2 Å². The first kappa shape index (κ1) is 15.2. The summed E-state index contributed by atoms with van der Waals surface area (Å²) in [6, 6.07) is 6.27. The van der Waals surface area contributed by atoms with Crippen molar-refractivity contribution in [3.63, 3.8) is 0 Å². The number of benzene rings is 1. The molecule has 0 spiro atoms. The second kappa shape index (κ2) is 6.58. The Morgan fingerprint density at radius 1 is 1.29 bits per heavy atom. The molecule has 0 radical (unpaired) electrons. The maximum absolute atomic E-state index is 6.50. The fraction of sp³-hybridized carbons (Fsp3) is 0.667. The number of nitrogens with one attached hydrogen (secondary N) is 1. The first-order valence-electron chi connectivity index (χ1n) is 8.38. The van der Waals surface area contributed by atoms with Gasteiger partial charge in [-0.25, -0.2) is 0 Å². The van der Waals surface area contributed by atoms with Crippen molar-refractivity contribution in [2.45, 2.75) is 39.2 Å². The van der Waals surface area contributed by atoms with Crippen LogP contribution in [-0.4, -0.2) is 20.1 Å². The van der Waals surface area contributed by atoms with Crippen LogP contribution in [-0.2, 0) is 6.54 Å². The summed E-state index contributed by atoms with van der Waals surface area (Å²) in [6.45, 7) is 5.18. The van der Waals surface area contributed by atoms with Gasteiger partial charge in [0.25, 0.3) is 0 Å². The van der Waals surface area contributed by atoms with E-state index in [1.54, 1.807) is 0 Å². The van der Waals surface area contributed by atoms with E-state index >= 15 is 0 Å². The Balaban J connectivity index is 1.72. The molecule has 2 aliphatic carbocycles. The predicted octanol–water partition coefficient (Wildman–Crippen LogP) is 4.32. The normalized spacial score (nSPS) is 27.3. The van der Waals surface area contributed by atoms with Crippen molar-refractivity contribution in [3.05, 3.63) is 28.8 Å². The molecule has 3 atom stereocenters. The first-order valence-corrected chi connectivity index (χ1v) is 8.76. The van der Waals surface area contributed by atoms with Crippen LogP contribution in [0.25, 0.3) is 0 Å². The zero-order valence-electron chi connectivity index (χ0n) is 13.2. The molecule has 2 nitrogen and oxygen atoms in total. The molecule has 0 aliphatic heterocycles. The van der Waals surface area contributed by atoms with Gasteiger partial charge in [-0.15, -0.1) is 0 Å². The Morgan fingerprint density at radius 2 is 2.14 bits per heavy atom. The molecule has 1 aromatic carbocycles. The maximum Gasteiger partial charge on any atom is 0.0642 e. The topological polar surface area (TPSA) is 15.3 Å². The van der Waals surface area contributed by atoms with Crippen molar-refractivity contribution >= 4 is 17.3 Å². The van der Waals surface area contributed by atoms with E-state index in [0.717, 1.165) is 42.4 Å². The standard InChI is InChI=1S/C18H27ClN2/c1-3-20-11-15-5-4-6-17(19)18(15)21(2)12-16-10-13-7-8-14(16)9-13/h4-6,13-14,16,20H,3,7-12H2,1-2H3. The number of hydrogen-bond donors (Lipinski definition) is 1. The molecule has 0 amide bonds. The van der Waals surface area contributed by atoms with Gasteiger partial charge in [-0.05, 0) is 55.2 Å². The molecule has 116 valence electrons. The Kier molecular flexibility index (Phi) is 4.75. The largest absolute Gasteiger partial charge is 0.373 e. The van der Waals surface area contributed by atoms with Crippen LogP contribution in [0.3, 0.4) is 0 Å². The Bertz CT molecular complexity index is 488. The number of nitrogens with zero attached hydrogens (tertiary/aromatic N) is 1. The molecule has 3 heteroatoms. The summed E-state index contributed by atoms with van der Waals surface area (Å²) in [5.41, 5.74) is 2.54. The molecule has 0 aromatic heterocycles. The predicted molar refractivity (Wildman–Crippen MR) is 91.0 cm³/mol. The monoisotopic (exact) mass is 306 g/mol. The number of fused-ring (bicyclic) bond motifs is 2. The summed E-state index contributed by atoms with van der Waals surface area (Å²) in [7, 11) is 2.21. The summed E-state index contributed by atoms with van der Waals surface area (Å²) >= 11 is 6.50. The highest BCUT2D eigenvalue weighted by atomic mass is 35.5. The number of anilines is 1. The van der Waals surface area contributed by atoms with E-state index in [-0.39, 0.29) is 0 Å². The van der Waals surface area contributed by atoms with Gasteiger partial charge in [0, 0.05) is 20.1 Å². The van der Waals surface area contributed by atoms with Gasteiger partial charge < -0.3 is 10.2 Å². The fourth-order valence-corrected chi connectivity index (χ4v) is 4.77. The molecule has 3 unspecified atom stereocenters. The van der Waals surface area contributed by atoms with Gasteiger partial charge in [0.05, 0.1) is 10.7 Å². The summed E-state index contributed by atoms with van der Waals surface area (Å²) in [4.78, 5) is 2.40. The smallest absolute Gasteiger partial charge is 0.0642 e. The van der Waals surface area contributed by atoms with Crippen LogP contribution in [0.15, 0.2) is 18.2 Å². The zero-order chi connectivity index (χ0) is 14.8. The van der Waals surface area contributed by atoms with E-state index in [9.17, 15) is 0 Å². The molecular formula is C18H27ClN2. The van der Waals surface area contributed by atoms with E-state index in [0.29, 0.717) is 0 Å². The van der Waals surface area contributed by atoms with Gasteiger partial charge in [0.2, 0.25) is 0 Å². The van der Waals surface area contributed by atoms with Crippen LogP contribution in [0.4, 0.5) is 5.69 Å². The molecule has 3 rings (SSSR count). The summed E-state index contributed by atoms with van der Waals surface area (Å²) in [5.74, 6) is 2.86. The maximum atomic E-state index is 6.50. The van der Waals surface area contributed by atoms with Crippen LogP contribution in [0.2, 0.25) is 5.02 Å². The first-order chi connectivity index (χ1) is 10.2. The average Bonchev–Trinajstić information content (AvgIpc) is 3.07. The minimum atomic E-state index is 0.872. The molecular weight excluding hydrogens is 280 g/mol. The van der Waals surface area contributed by atoms with Crippen molar-refractivity contribution in [1.29, 1.82) is 0 Å². The van der Waals surface area contributed by atoms with Gasteiger partial charge in [-0.2, -0.15) is 0 Å². The second-order valence-corrected chi connectivity index (χ2v) is 7.25. The summed E-state index contributed by atoms with van der Waals surface area (Å²) < 4.78 is 0. The van der Waals surface area contributed by atoms with Gasteiger partial charge in [0.1, 0.15) is 0 Å². The van der Waals surface area contributed by atoms with Crippen molar-refractivity contribution in [3.8, 4) is 0 Å². The lowest BCUT2D eigenvalue weighted by molar-refractivity contribution is 0.337. The molecule has 21 heavy (non-hydrogen) atoms. The molecule has 0 saturated heterocycles. The van der Waals surface area contributed by atoms with Gasteiger partial charge >= 0.3 is 0 Å². The van der Waals surface area contributed by atoms with E-state index in [1.165, 1.54) is 36.9 Å². The van der Waals surface area contributed by atoms with Crippen molar-refractivity contribution < 1.29 is 0 Å². The Hall–Kier alpha value is -0.730. The average molecular weight is 307 g/mol. The molecule has 2 saturated carbocycles. The summed E-state index contributed by atoms with van der Waals surface area (Å²) in [5, 5.41) is 4.31. The SMILES string of the molecule is CCNCc1cccc(Cl)c1N(C)CC1CC2CCC1C2. The number of para-hydroxylation sites is 1. The molecule has 1 aromatic rings. The quantitative estimate of drug-likeness (QED) is 0.842. The second-order valence-electron chi connectivity index (χ2n) is 6.84. The van der Waals surface area contributed by atoms with Crippen LogP contribution < -0.4 is 10.2 Å². The van der Waals surface area contributed by atoms with Crippen molar-refractivity contribution in [2.75, 3.05) is 25.0 Å². The Morgan fingerprint density at radius 3 is 2.81 bits per heavy atom. The lowest BCUT2D eigenvalue weighted by Gasteiger charge is -2.30. The lowest BCUT2D eigenvalue weighted by atomic mass is 9.88. The van der Waals surface area contributed by atoms with Crippen LogP contribution in [0, 0.1) is 17.8 Å². The summed E-state index contributed by atoms with van der Waals surface area (Å²) in [6.07, 6.45) is 5.84. The van der Waals surface area contributed by atoms with E-state index < -0.39 is 0 Å². The zero-order valence-corrected chi connectivity index (χ0v) is 14.0. The highest BCUT2D eigenvalue weighted by molar-refractivity contribution is 6.33. The third kappa shape index (κ3) is 3.22. The molecule has 2 fully saturated rings. The molecule has 2 aliphatic rings. The van der Waals surface area contributed by atoms with Crippen LogP contribution >= 0.6 is 11.6 Å². The Labute approximate surface area is 133 Å². The van der Waals surface area contributed by atoms with E-state index in [2.05, 4.69) is 36.3 Å². The minimum Gasteiger partial charge on any atom is -0.373 e. The third-order valence-electron chi connectivity index (χ3n) is 5.41. The van der Waals surface area contributed by atoms with E-state index in [1.807, 2.05) is 6.07 Å². The highest BCUT2D eigenvalue weighted by Crippen LogP contribution is 2.48. The minimum absolute atomic E-state index is 0.872. The molecule has 2 bridgehead atoms. The number of halogens is 1. The lowest BCUT2D eigenvalue weighted by Crippen LogP contribution is -2.30. The van der Waals surface area contributed by atoms with Crippen LogP contribution in [0.5, 0.6) is 0 Å². The number of hydrogen-bond acceptors (Lipinski definition) is 2.